The lowest BCUT2D eigenvalue weighted by Gasteiger charge is -2.33. The number of carbonyl (C=O) groups is 1. The summed E-state index contributed by atoms with van der Waals surface area (Å²) in [5.74, 6) is -0.794. The number of nitrogens with zero attached hydrogens (tertiary/aromatic N) is 3. The number of benzene rings is 2. The van der Waals surface area contributed by atoms with E-state index in [-0.39, 0.29) is 10.9 Å². The second kappa shape index (κ2) is 9.80. The molecule has 7 heteroatoms. The minimum absolute atomic E-state index is 0.00322. The summed E-state index contributed by atoms with van der Waals surface area (Å²) in [6, 6.07) is 8.09. The Kier molecular flexibility index (Phi) is 7.89. The summed E-state index contributed by atoms with van der Waals surface area (Å²) >= 11 is 12.6. The van der Waals surface area contributed by atoms with E-state index in [4.69, 9.17) is 23.2 Å². The van der Waals surface area contributed by atoms with Crippen LogP contribution >= 0.6 is 23.2 Å². The zero-order valence-electron chi connectivity index (χ0n) is 18.3. The van der Waals surface area contributed by atoms with Gasteiger partial charge in [-0.3, -0.25) is 4.79 Å². The van der Waals surface area contributed by atoms with E-state index in [1.807, 2.05) is 31.9 Å². The highest BCUT2D eigenvalue weighted by Crippen LogP contribution is 2.41. The largest absolute Gasteiger partial charge is 0.366 e. The number of carbonyl (C=O) groups excluding carboxylic acids is 1. The van der Waals surface area contributed by atoms with Gasteiger partial charge in [0.1, 0.15) is 5.82 Å². The molecular weight excluding hydrogens is 424 g/mol. The van der Waals surface area contributed by atoms with Crippen molar-refractivity contribution in [2.24, 2.45) is 4.99 Å². The molecule has 0 fully saturated rings. The maximum Gasteiger partial charge on any atom is 0.236 e. The Morgan fingerprint density at radius 1 is 1.13 bits per heavy atom. The lowest BCUT2D eigenvalue weighted by molar-refractivity contribution is -0.132. The molecule has 0 saturated carbocycles. The van der Waals surface area contributed by atoms with E-state index < -0.39 is 11.2 Å². The number of aryl methyl sites for hydroxylation is 1. The molecule has 0 radical (unpaired) electrons. The van der Waals surface area contributed by atoms with Crippen LogP contribution in [0.1, 0.15) is 37.5 Å². The van der Waals surface area contributed by atoms with E-state index in [0.29, 0.717) is 22.6 Å². The average Bonchev–Trinajstić information content (AvgIpc) is 2.72. The fraction of sp³-hybridized carbons (Fsp3) is 0.391. The molecule has 1 unspecified atom stereocenters. The minimum Gasteiger partial charge on any atom is -0.366 e. The van der Waals surface area contributed by atoms with Crippen LogP contribution in [0.25, 0.3) is 0 Å². The molecule has 1 amide bonds. The number of halogens is 3. The van der Waals surface area contributed by atoms with Crippen LogP contribution in [0, 0.1) is 5.82 Å². The molecule has 0 aliphatic rings. The van der Waals surface area contributed by atoms with E-state index >= 15 is 0 Å². The van der Waals surface area contributed by atoms with Crippen LogP contribution in [0.15, 0.2) is 35.3 Å². The summed E-state index contributed by atoms with van der Waals surface area (Å²) in [6.45, 7) is 6.63. The topological polar surface area (TPSA) is 35.9 Å². The first kappa shape index (κ1) is 24.2. The molecule has 1 atom stereocenters. The number of amides is 1. The van der Waals surface area contributed by atoms with Crippen molar-refractivity contribution in [2.75, 3.05) is 27.7 Å². The molecule has 0 aromatic heterocycles. The molecule has 0 aliphatic heterocycles. The van der Waals surface area contributed by atoms with Crippen molar-refractivity contribution in [1.29, 1.82) is 0 Å². The van der Waals surface area contributed by atoms with Gasteiger partial charge in [0.05, 0.1) is 22.5 Å². The van der Waals surface area contributed by atoms with E-state index in [1.165, 1.54) is 17.0 Å². The summed E-state index contributed by atoms with van der Waals surface area (Å²) in [4.78, 5) is 21.3. The van der Waals surface area contributed by atoms with Gasteiger partial charge in [-0.15, -0.1) is 0 Å². The Labute approximate surface area is 188 Å². The maximum atomic E-state index is 14.3. The predicted molar refractivity (Wildman–Crippen MR) is 124 cm³/mol. The van der Waals surface area contributed by atoms with Crippen molar-refractivity contribution in [2.45, 2.75) is 32.6 Å². The van der Waals surface area contributed by atoms with Crippen LogP contribution in [-0.2, 0) is 16.6 Å². The normalized spacial score (nSPS) is 13.4. The van der Waals surface area contributed by atoms with Crippen molar-refractivity contribution < 1.29 is 9.18 Å². The Morgan fingerprint density at radius 2 is 1.80 bits per heavy atom. The van der Waals surface area contributed by atoms with Gasteiger partial charge in [0.15, 0.2) is 0 Å². The molecule has 0 N–H and O–H groups in total. The molecular formula is C23H28Cl2FN3O. The average molecular weight is 452 g/mol. The Hall–Kier alpha value is -2.11. The van der Waals surface area contributed by atoms with Gasteiger partial charge in [-0.1, -0.05) is 42.3 Å². The van der Waals surface area contributed by atoms with E-state index in [0.717, 1.165) is 17.8 Å². The van der Waals surface area contributed by atoms with Crippen LogP contribution in [0.2, 0.25) is 10.0 Å². The molecule has 2 aromatic rings. The third-order valence-corrected chi connectivity index (χ3v) is 5.93. The first-order valence-electron chi connectivity index (χ1n) is 9.80. The molecule has 30 heavy (non-hydrogen) atoms. The zero-order valence-corrected chi connectivity index (χ0v) is 19.8. The van der Waals surface area contributed by atoms with Gasteiger partial charge < -0.3 is 9.80 Å². The first-order chi connectivity index (χ1) is 14.1. The van der Waals surface area contributed by atoms with Gasteiger partial charge >= 0.3 is 0 Å². The Balaban J connectivity index is 2.74. The Morgan fingerprint density at radius 3 is 2.33 bits per heavy atom. The maximum absolute atomic E-state index is 14.3. The van der Waals surface area contributed by atoms with Gasteiger partial charge in [0.2, 0.25) is 5.91 Å². The van der Waals surface area contributed by atoms with Gasteiger partial charge in [-0.05, 0) is 55.2 Å². The lowest BCUT2D eigenvalue weighted by atomic mass is 9.74. The van der Waals surface area contributed by atoms with Crippen LogP contribution < -0.4 is 0 Å². The zero-order chi connectivity index (χ0) is 22.6. The van der Waals surface area contributed by atoms with Gasteiger partial charge in [-0.25, -0.2) is 9.38 Å². The minimum atomic E-state index is -1.20. The standard InChI is InChI=1S/C23H28Cl2FN3O/c1-7-15-11-17(19(25)13-21(15)27-14-29(6)8-2)23(3,22(30)28(4)5)16-9-10-18(24)20(26)12-16/h9-14H,7-8H2,1-6H3. The number of likely N-dealkylation sites (N-methyl/N-ethyl adjacent to an activating group) is 1. The summed E-state index contributed by atoms with van der Waals surface area (Å²) < 4.78 is 14.3. The van der Waals surface area contributed by atoms with Crippen molar-refractivity contribution in [3.63, 3.8) is 0 Å². The van der Waals surface area contributed by atoms with E-state index in [2.05, 4.69) is 4.99 Å². The lowest BCUT2D eigenvalue weighted by Crippen LogP contribution is -2.42. The molecule has 2 aromatic carbocycles. The monoisotopic (exact) mass is 451 g/mol. The summed E-state index contributed by atoms with van der Waals surface area (Å²) in [6.07, 6.45) is 2.46. The SMILES string of the molecule is CCc1cc(C(C)(C(=O)N(C)C)c2ccc(Cl)c(F)c2)c(Cl)cc1N=CN(C)CC. The highest BCUT2D eigenvalue weighted by Gasteiger charge is 2.40. The molecule has 162 valence electrons. The number of rotatable bonds is 7. The predicted octanol–water partition coefficient (Wildman–Crippen LogP) is 5.70. The number of hydrogen-bond donors (Lipinski definition) is 0. The quantitative estimate of drug-likeness (QED) is 0.399. The summed E-state index contributed by atoms with van der Waals surface area (Å²) in [5, 5.41) is 0.398. The molecule has 0 spiro atoms. The van der Waals surface area contributed by atoms with Crippen molar-refractivity contribution in [3.05, 3.63) is 62.9 Å². The molecule has 0 aliphatic carbocycles. The second-order valence-electron chi connectivity index (χ2n) is 7.59. The third kappa shape index (κ3) is 4.79. The van der Waals surface area contributed by atoms with Crippen molar-refractivity contribution in [1.82, 2.24) is 9.80 Å². The van der Waals surface area contributed by atoms with Gasteiger partial charge in [0.25, 0.3) is 0 Å². The first-order valence-corrected chi connectivity index (χ1v) is 10.6. The summed E-state index contributed by atoms with van der Waals surface area (Å²) in [5.41, 5.74) is 1.58. The number of hydrogen-bond acceptors (Lipinski definition) is 2. The summed E-state index contributed by atoms with van der Waals surface area (Å²) in [7, 11) is 5.27. The van der Waals surface area contributed by atoms with Crippen molar-refractivity contribution in [3.8, 4) is 0 Å². The molecule has 0 saturated heterocycles. The molecule has 0 bridgehead atoms. The molecule has 2 rings (SSSR count). The fourth-order valence-corrected chi connectivity index (χ4v) is 3.75. The van der Waals surface area contributed by atoms with Crippen LogP contribution in [0.5, 0.6) is 0 Å². The van der Waals surface area contributed by atoms with Crippen LogP contribution in [0.4, 0.5) is 10.1 Å². The second-order valence-corrected chi connectivity index (χ2v) is 8.40. The third-order valence-electron chi connectivity index (χ3n) is 5.31. The van der Waals surface area contributed by atoms with Gasteiger partial charge in [-0.2, -0.15) is 0 Å². The van der Waals surface area contributed by atoms with Crippen LogP contribution in [-0.4, -0.2) is 49.7 Å². The highest BCUT2D eigenvalue weighted by atomic mass is 35.5. The Bertz CT molecular complexity index is 962. The van der Waals surface area contributed by atoms with Crippen molar-refractivity contribution >= 4 is 41.1 Å². The van der Waals surface area contributed by atoms with Crippen LogP contribution in [0.3, 0.4) is 0 Å². The molecule has 0 heterocycles. The smallest absolute Gasteiger partial charge is 0.236 e. The fourth-order valence-electron chi connectivity index (χ4n) is 3.29. The van der Waals surface area contributed by atoms with E-state index in [1.54, 1.807) is 39.5 Å². The number of aliphatic imine (C=N–C) groups is 1. The highest BCUT2D eigenvalue weighted by molar-refractivity contribution is 6.32. The van der Waals surface area contributed by atoms with E-state index in [9.17, 15) is 9.18 Å². The van der Waals surface area contributed by atoms with Gasteiger partial charge in [0, 0.05) is 32.7 Å². The molecule has 4 nitrogen and oxygen atoms in total.